The molecule has 2 saturated heterocycles. The summed E-state index contributed by atoms with van der Waals surface area (Å²) in [6.45, 7) is 3.02. The van der Waals surface area contributed by atoms with Crippen molar-refractivity contribution in [1.29, 1.82) is 0 Å². The van der Waals surface area contributed by atoms with Gasteiger partial charge >= 0.3 is 0 Å². The maximum absolute atomic E-state index is 12.5. The highest BCUT2D eigenvalue weighted by molar-refractivity contribution is 5.91. The van der Waals surface area contributed by atoms with Crippen molar-refractivity contribution in [1.82, 2.24) is 19.9 Å². The number of ether oxygens (including phenoxy) is 1. The molecule has 2 aromatic heterocycles. The van der Waals surface area contributed by atoms with Crippen LogP contribution in [0.15, 0.2) is 35.5 Å². The van der Waals surface area contributed by atoms with Crippen LogP contribution in [0.3, 0.4) is 0 Å². The van der Waals surface area contributed by atoms with Crippen LogP contribution < -0.4 is 4.90 Å². The van der Waals surface area contributed by atoms with E-state index in [0.717, 1.165) is 44.8 Å². The molecule has 8 nitrogen and oxygen atoms in total. The zero-order valence-corrected chi connectivity index (χ0v) is 14.9. The molecule has 0 aromatic carbocycles. The highest BCUT2D eigenvalue weighted by Crippen LogP contribution is 2.44. The first-order valence-corrected chi connectivity index (χ1v) is 8.91. The summed E-state index contributed by atoms with van der Waals surface area (Å²) in [5.41, 5.74) is 0.548. The zero-order chi connectivity index (χ0) is 18.0. The molecule has 2 aliphatic heterocycles. The van der Waals surface area contributed by atoms with Gasteiger partial charge in [-0.3, -0.25) is 4.79 Å². The molecule has 2 aliphatic rings. The van der Waals surface area contributed by atoms with Crippen LogP contribution >= 0.6 is 0 Å². The van der Waals surface area contributed by atoms with E-state index in [1.807, 2.05) is 11.0 Å². The van der Waals surface area contributed by atoms with E-state index in [2.05, 4.69) is 19.9 Å². The molecule has 4 rings (SSSR count). The fourth-order valence-corrected chi connectivity index (χ4v) is 4.21. The van der Waals surface area contributed by atoms with Crippen LogP contribution in [-0.2, 0) is 4.74 Å². The molecule has 2 aromatic rings. The van der Waals surface area contributed by atoms with E-state index in [9.17, 15) is 4.79 Å². The first-order valence-electron chi connectivity index (χ1n) is 8.91. The Hall–Kier alpha value is -2.48. The lowest BCUT2D eigenvalue weighted by Gasteiger charge is -2.39. The Kier molecular flexibility index (Phi) is 4.58. The molecule has 0 radical (unpaired) electrons. The van der Waals surface area contributed by atoms with Crippen LogP contribution in [-0.4, -0.2) is 65.2 Å². The number of methoxy groups -OCH3 is 1. The van der Waals surface area contributed by atoms with Crippen LogP contribution in [0.4, 0.5) is 5.95 Å². The summed E-state index contributed by atoms with van der Waals surface area (Å²) >= 11 is 0. The molecule has 4 heterocycles. The third-order valence-electron chi connectivity index (χ3n) is 5.55. The van der Waals surface area contributed by atoms with Crippen LogP contribution in [0.5, 0.6) is 0 Å². The SMILES string of the molecule is COC[C@H]1CC2(CCN(C(=O)c3cocn3)CC2)CN1c1ncccn1. The summed E-state index contributed by atoms with van der Waals surface area (Å²) in [5.74, 6) is 0.704. The summed E-state index contributed by atoms with van der Waals surface area (Å²) in [6.07, 6.45) is 9.20. The fraction of sp³-hybridized carbons (Fsp3) is 0.556. The molecule has 26 heavy (non-hydrogen) atoms. The first-order chi connectivity index (χ1) is 12.7. The van der Waals surface area contributed by atoms with E-state index < -0.39 is 0 Å². The maximum atomic E-state index is 12.5. The maximum Gasteiger partial charge on any atom is 0.275 e. The average Bonchev–Trinajstić information content (AvgIpc) is 3.32. The lowest BCUT2D eigenvalue weighted by atomic mass is 9.76. The van der Waals surface area contributed by atoms with Gasteiger partial charge in [-0.1, -0.05) is 0 Å². The van der Waals surface area contributed by atoms with Crippen molar-refractivity contribution in [3.05, 3.63) is 36.8 Å². The molecule has 1 spiro atoms. The number of amides is 1. The molecule has 0 aliphatic carbocycles. The fourth-order valence-electron chi connectivity index (χ4n) is 4.21. The molecule has 0 bridgehead atoms. The third kappa shape index (κ3) is 3.16. The van der Waals surface area contributed by atoms with E-state index in [-0.39, 0.29) is 17.4 Å². The number of nitrogens with zero attached hydrogens (tertiary/aromatic N) is 5. The summed E-state index contributed by atoms with van der Waals surface area (Å²) in [7, 11) is 1.73. The molecular formula is C18H23N5O3. The summed E-state index contributed by atoms with van der Waals surface area (Å²) < 4.78 is 10.4. The van der Waals surface area contributed by atoms with E-state index >= 15 is 0 Å². The van der Waals surface area contributed by atoms with Crippen LogP contribution in [0.1, 0.15) is 29.8 Å². The van der Waals surface area contributed by atoms with Gasteiger partial charge in [-0.15, -0.1) is 0 Å². The Balaban J connectivity index is 1.46. The van der Waals surface area contributed by atoms with Gasteiger partial charge in [0.15, 0.2) is 12.1 Å². The largest absolute Gasteiger partial charge is 0.451 e. The lowest BCUT2D eigenvalue weighted by molar-refractivity contribution is 0.0593. The van der Waals surface area contributed by atoms with Crippen molar-refractivity contribution in [3.8, 4) is 0 Å². The summed E-state index contributed by atoms with van der Waals surface area (Å²) in [4.78, 5) is 29.4. The molecular weight excluding hydrogens is 334 g/mol. The van der Waals surface area contributed by atoms with Crippen LogP contribution in [0, 0.1) is 5.41 Å². The van der Waals surface area contributed by atoms with Gasteiger partial charge in [0.2, 0.25) is 5.95 Å². The van der Waals surface area contributed by atoms with E-state index in [0.29, 0.717) is 12.3 Å². The third-order valence-corrected chi connectivity index (χ3v) is 5.55. The van der Waals surface area contributed by atoms with Gasteiger partial charge in [0.1, 0.15) is 6.26 Å². The number of carbonyl (C=O) groups excluding carboxylic acids is 1. The highest BCUT2D eigenvalue weighted by Gasteiger charge is 2.47. The quantitative estimate of drug-likeness (QED) is 0.822. The van der Waals surface area contributed by atoms with Gasteiger partial charge in [-0.05, 0) is 30.7 Å². The Morgan fingerprint density at radius 2 is 2.08 bits per heavy atom. The van der Waals surface area contributed by atoms with E-state index in [4.69, 9.17) is 9.15 Å². The van der Waals surface area contributed by atoms with Crippen LogP contribution in [0.25, 0.3) is 0 Å². The van der Waals surface area contributed by atoms with Crippen LogP contribution in [0.2, 0.25) is 0 Å². The van der Waals surface area contributed by atoms with Gasteiger partial charge < -0.3 is 19.0 Å². The van der Waals surface area contributed by atoms with Crippen molar-refractivity contribution in [2.24, 2.45) is 5.41 Å². The minimum absolute atomic E-state index is 0.0525. The molecule has 0 N–H and O–H groups in total. The van der Waals surface area contributed by atoms with Crippen molar-refractivity contribution in [2.45, 2.75) is 25.3 Å². The van der Waals surface area contributed by atoms with Gasteiger partial charge in [0.25, 0.3) is 5.91 Å². The minimum Gasteiger partial charge on any atom is -0.451 e. The monoisotopic (exact) mass is 357 g/mol. The topological polar surface area (TPSA) is 84.6 Å². The number of anilines is 1. The molecule has 1 amide bonds. The van der Waals surface area contributed by atoms with E-state index in [1.54, 1.807) is 19.5 Å². The van der Waals surface area contributed by atoms with E-state index in [1.165, 1.54) is 12.7 Å². The van der Waals surface area contributed by atoms with Gasteiger partial charge in [-0.25, -0.2) is 15.0 Å². The molecule has 2 fully saturated rings. The van der Waals surface area contributed by atoms with Crippen molar-refractivity contribution >= 4 is 11.9 Å². The zero-order valence-electron chi connectivity index (χ0n) is 14.9. The first kappa shape index (κ1) is 17.0. The highest BCUT2D eigenvalue weighted by atomic mass is 16.5. The molecule has 1 atom stereocenters. The van der Waals surface area contributed by atoms with Gasteiger partial charge in [-0.2, -0.15) is 0 Å². The number of aromatic nitrogens is 3. The summed E-state index contributed by atoms with van der Waals surface area (Å²) in [6, 6.07) is 2.09. The van der Waals surface area contributed by atoms with Gasteiger partial charge in [0, 0.05) is 39.1 Å². The molecule has 0 saturated carbocycles. The van der Waals surface area contributed by atoms with Crippen molar-refractivity contribution < 1.29 is 13.9 Å². The molecule has 138 valence electrons. The Morgan fingerprint density at radius 1 is 1.31 bits per heavy atom. The number of likely N-dealkylation sites (tertiary alicyclic amines) is 1. The number of oxazole rings is 1. The predicted molar refractivity (Wildman–Crippen MR) is 93.7 cm³/mol. The average molecular weight is 357 g/mol. The standard InChI is InChI=1S/C18H23N5O3/c1-25-10-14-9-18(12-23(14)17-19-5-2-6-20-17)3-7-22(8-4-18)16(24)15-11-26-13-21-15/h2,5-6,11,13-14H,3-4,7-10,12H2,1H3/t14-/m1/s1. The normalized spacial score (nSPS) is 22.1. The minimum atomic E-state index is -0.0525. The smallest absolute Gasteiger partial charge is 0.275 e. The number of piperidine rings is 1. The molecule has 8 heteroatoms. The second-order valence-corrected chi connectivity index (χ2v) is 7.16. The van der Waals surface area contributed by atoms with Gasteiger partial charge in [0.05, 0.1) is 12.6 Å². The van der Waals surface area contributed by atoms with Crippen molar-refractivity contribution in [3.63, 3.8) is 0 Å². The predicted octanol–water partition coefficient (Wildman–Crippen LogP) is 1.61. The number of hydrogen-bond donors (Lipinski definition) is 0. The van der Waals surface area contributed by atoms with Crippen molar-refractivity contribution in [2.75, 3.05) is 38.3 Å². The second kappa shape index (κ2) is 7.03. The number of hydrogen-bond acceptors (Lipinski definition) is 7. The number of rotatable bonds is 4. The Bertz CT molecular complexity index is 729. The lowest BCUT2D eigenvalue weighted by Crippen LogP contribution is -2.44. The summed E-state index contributed by atoms with van der Waals surface area (Å²) in [5, 5.41) is 0. The Morgan fingerprint density at radius 3 is 2.73 bits per heavy atom. The molecule has 0 unspecified atom stereocenters. The number of carbonyl (C=O) groups is 1. The Labute approximate surface area is 152 Å². The second-order valence-electron chi connectivity index (χ2n) is 7.16.